The van der Waals surface area contributed by atoms with Crippen LogP contribution in [0.4, 0.5) is 5.82 Å². The molecule has 0 aliphatic carbocycles. The van der Waals surface area contributed by atoms with Crippen LogP contribution < -0.4 is 5.73 Å². The summed E-state index contributed by atoms with van der Waals surface area (Å²) >= 11 is 6.12. The molecule has 1 atom stereocenters. The lowest BCUT2D eigenvalue weighted by Gasteiger charge is -2.21. The van der Waals surface area contributed by atoms with Crippen molar-refractivity contribution in [1.29, 1.82) is 0 Å². The highest BCUT2D eigenvalue weighted by atomic mass is 35.5. The Morgan fingerprint density at radius 3 is 2.62 bits per heavy atom. The van der Waals surface area contributed by atoms with Gasteiger partial charge in [0.25, 0.3) is 0 Å². The van der Waals surface area contributed by atoms with Gasteiger partial charge in [-0.2, -0.15) is 0 Å². The monoisotopic (exact) mass is 450 g/mol. The standard InChI is InChI=1S/C25H27ClN4O2/c1-3-30(4-2)16-21(31)10-12-24(32)18-6-8-20(28-15-18)9-11-22-23-13-19(26)7-5-17(23)14-29-25(22)27/h5-8,13-15,21,31H,3-4,10,12,16H2,1-2H3,(H2,27,29). The highest BCUT2D eigenvalue weighted by Gasteiger charge is 2.13. The fraction of sp³-hybridized carbons (Fsp3) is 0.320. The van der Waals surface area contributed by atoms with Crippen molar-refractivity contribution in [2.45, 2.75) is 32.8 Å². The number of Topliss-reactive ketones (excluding diaryl/α,β-unsaturated/α-hetero) is 1. The molecule has 0 amide bonds. The van der Waals surface area contributed by atoms with Crippen LogP contribution in [0.3, 0.4) is 0 Å². The minimum atomic E-state index is -0.523. The lowest BCUT2D eigenvalue weighted by atomic mass is 10.1. The van der Waals surface area contributed by atoms with Crippen molar-refractivity contribution < 1.29 is 9.90 Å². The molecule has 0 aliphatic heterocycles. The Hall–Kier alpha value is -2.98. The number of aromatic nitrogens is 2. The number of nitrogens with two attached hydrogens (primary N) is 1. The molecule has 32 heavy (non-hydrogen) atoms. The second-order valence-corrected chi connectivity index (χ2v) is 7.97. The number of nitrogen functional groups attached to an aromatic ring is 1. The Balaban J connectivity index is 1.68. The molecule has 0 saturated heterocycles. The van der Waals surface area contributed by atoms with Crippen molar-refractivity contribution in [3.8, 4) is 11.8 Å². The van der Waals surface area contributed by atoms with E-state index in [-0.39, 0.29) is 12.2 Å². The fourth-order valence-corrected chi connectivity index (χ4v) is 3.58. The number of aliphatic hydroxyl groups excluding tert-OH is 1. The molecular weight excluding hydrogens is 424 g/mol. The van der Waals surface area contributed by atoms with E-state index in [1.165, 1.54) is 6.20 Å². The van der Waals surface area contributed by atoms with Crippen molar-refractivity contribution in [2.75, 3.05) is 25.4 Å². The number of nitrogens with zero attached hydrogens (tertiary/aromatic N) is 3. The molecule has 166 valence electrons. The summed E-state index contributed by atoms with van der Waals surface area (Å²) in [6.45, 7) is 6.43. The van der Waals surface area contributed by atoms with Crippen molar-refractivity contribution in [1.82, 2.24) is 14.9 Å². The van der Waals surface area contributed by atoms with E-state index in [2.05, 4.69) is 40.6 Å². The van der Waals surface area contributed by atoms with E-state index < -0.39 is 6.10 Å². The normalized spacial score (nSPS) is 11.9. The summed E-state index contributed by atoms with van der Waals surface area (Å²) in [6, 6.07) is 8.88. The zero-order valence-corrected chi connectivity index (χ0v) is 19.1. The number of rotatable bonds is 8. The summed E-state index contributed by atoms with van der Waals surface area (Å²) in [6.07, 6.45) is 3.38. The SMILES string of the molecule is CCN(CC)CC(O)CCC(=O)c1ccc(C#Cc2c(N)ncc3ccc(Cl)cc23)nc1. The van der Waals surface area contributed by atoms with E-state index in [9.17, 15) is 9.90 Å². The highest BCUT2D eigenvalue weighted by molar-refractivity contribution is 6.31. The predicted molar refractivity (Wildman–Crippen MR) is 129 cm³/mol. The van der Waals surface area contributed by atoms with E-state index in [1.807, 2.05) is 12.1 Å². The lowest BCUT2D eigenvalue weighted by Crippen LogP contribution is -2.32. The Bertz CT molecular complexity index is 1140. The van der Waals surface area contributed by atoms with Crippen LogP contribution in [0.15, 0.2) is 42.7 Å². The van der Waals surface area contributed by atoms with Gasteiger partial charge >= 0.3 is 0 Å². The first-order chi connectivity index (χ1) is 15.4. The first-order valence-electron chi connectivity index (χ1n) is 10.7. The summed E-state index contributed by atoms with van der Waals surface area (Å²) in [7, 11) is 0. The molecule has 3 rings (SSSR count). The average Bonchev–Trinajstić information content (AvgIpc) is 2.80. The molecule has 1 unspecified atom stereocenters. The number of carbonyl (C=O) groups excluding carboxylic acids is 1. The molecule has 2 heterocycles. The number of anilines is 1. The molecule has 3 aromatic rings. The van der Waals surface area contributed by atoms with Crippen molar-refractivity contribution in [2.24, 2.45) is 0 Å². The van der Waals surface area contributed by atoms with Gasteiger partial charge in [0.2, 0.25) is 0 Å². The van der Waals surface area contributed by atoms with Crippen LogP contribution in [0.2, 0.25) is 5.02 Å². The third-order valence-electron chi connectivity index (χ3n) is 5.35. The molecule has 1 aromatic carbocycles. The summed E-state index contributed by atoms with van der Waals surface area (Å²) < 4.78 is 0. The van der Waals surface area contributed by atoms with E-state index in [0.29, 0.717) is 40.6 Å². The van der Waals surface area contributed by atoms with E-state index in [0.717, 1.165) is 23.9 Å². The number of fused-ring (bicyclic) bond motifs is 1. The first-order valence-corrected chi connectivity index (χ1v) is 11.0. The molecule has 0 saturated carbocycles. The van der Waals surface area contributed by atoms with Gasteiger partial charge in [0, 0.05) is 46.7 Å². The zero-order valence-electron chi connectivity index (χ0n) is 18.3. The maximum absolute atomic E-state index is 12.4. The number of hydrogen-bond donors (Lipinski definition) is 2. The smallest absolute Gasteiger partial charge is 0.164 e. The Labute approximate surface area is 193 Å². The highest BCUT2D eigenvalue weighted by Crippen LogP contribution is 2.24. The molecule has 7 heteroatoms. The van der Waals surface area contributed by atoms with Gasteiger partial charge in [-0.25, -0.2) is 9.97 Å². The number of pyridine rings is 2. The van der Waals surface area contributed by atoms with Gasteiger partial charge in [-0.15, -0.1) is 0 Å². The maximum atomic E-state index is 12.4. The third kappa shape index (κ3) is 6.04. The predicted octanol–water partition coefficient (Wildman–Crippen LogP) is 3.93. The Kier molecular flexibility index (Phi) is 8.18. The number of ketones is 1. The van der Waals surface area contributed by atoms with Crippen LogP contribution >= 0.6 is 11.6 Å². The average molecular weight is 451 g/mol. The van der Waals surface area contributed by atoms with Gasteiger partial charge in [-0.1, -0.05) is 37.4 Å². The number of aliphatic hydroxyl groups is 1. The van der Waals surface area contributed by atoms with Crippen LogP contribution in [-0.4, -0.2) is 51.5 Å². The van der Waals surface area contributed by atoms with Crippen LogP contribution in [0, 0.1) is 11.8 Å². The Morgan fingerprint density at radius 2 is 1.94 bits per heavy atom. The molecule has 0 radical (unpaired) electrons. The second-order valence-electron chi connectivity index (χ2n) is 7.53. The Morgan fingerprint density at radius 1 is 1.16 bits per heavy atom. The second kappa shape index (κ2) is 11.1. The number of halogens is 1. The van der Waals surface area contributed by atoms with E-state index in [1.54, 1.807) is 24.4 Å². The zero-order chi connectivity index (χ0) is 23.1. The van der Waals surface area contributed by atoms with Crippen LogP contribution in [0.1, 0.15) is 48.3 Å². The summed E-state index contributed by atoms with van der Waals surface area (Å²) in [4.78, 5) is 23.1. The molecule has 0 aliphatic rings. The van der Waals surface area contributed by atoms with Crippen molar-refractivity contribution >= 4 is 34.0 Å². The quantitative estimate of drug-likeness (QED) is 0.399. The summed E-state index contributed by atoms with van der Waals surface area (Å²) in [5, 5.41) is 12.5. The number of benzene rings is 1. The first kappa shape index (κ1) is 23.7. The van der Waals surface area contributed by atoms with Crippen LogP contribution in [-0.2, 0) is 0 Å². The lowest BCUT2D eigenvalue weighted by molar-refractivity contribution is 0.0876. The molecule has 6 nitrogen and oxygen atoms in total. The molecule has 3 N–H and O–H groups in total. The van der Waals surface area contributed by atoms with Gasteiger partial charge in [0.15, 0.2) is 5.78 Å². The molecule has 2 aromatic heterocycles. The van der Waals surface area contributed by atoms with Crippen molar-refractivity contribution in [3.63, 3.8) is 0 Å². The molecule has 0 bridgehead atoms. The van der Waals surface area contributed by atoms with Gasteiger partial charge in [-0.3, -0.25) is 4.79 Å². The van der Waals surface area contributed by atoms with E-state index >= 15 is 0 Å². The topological polar surface area (TPSA) is 92.3 Å². The minimum absolute atomic E-state index is 0.0484. The molecular formula is C25H27ClN4O2. The summed E-state index contributed by atoms with van der Waals surface area (Å²) in [5.74, 6) is 6.29. The number of likely N-dealkylation sites (N-methyl/N-ethyl adjacent to an activating group) is 1. The number of carbonyl (C=O) groups is 1. The minimum Gasteiger partial charge on any atom is -0.392 e. The van der Waals surface area contributed by atoms with Gasteiger partial charge in [0.05, 0.1) is 11.7 Å². The van der Waals surface area contributed by atoms with Gasteiger partial charge < -0.3 is 15.7 Å². The molecule has 0 spiro atoms. The number of hydrogen-bond acceptors (Lipinski definition) is 6. The van der Waals surface area contributed by atoms with Crippen LogP contribution in [0.5, 0.6) is 0 Å². The fourth-order valence-electron chi connectivity index (χ4n) is 3.40. The van der Waals surface area contributed by atoms with Gasteiger partial charge in [0.1, 0.15) is 11.5 Å². The maximum Gasteiger partial charge on any atom is 0.164 e. The van der Waals surface area contributed by atoms with E-state index in [4.69, 9.17) is 17.3 Å². The van der Waals surface area contributed by atoms with Gasteiger partial charge in [-0.05, 0) is 49.7 Å². The van der Waals surface area contributed by atoms with Crippen LogP contribution in [0.25, 0.3) is 10.8 Å². The van der Waals surface area contributed by atoms with Crippen molar-refractivity contribution in [3.05, 3.63) is 64.6 Å². The summed E-state index contributed by atoms with van der Waals surface area (Å²) in [5.41, 5.74) is 7.64. The largest absolute Gasteiger partial charge is 0.392 e. The molecule has 0 fully saturated rings. The third-order valence-corrected chi connectivity index (χ3v) is 5.59.